The Morgan fingerprint density at radius 3 is 2.76 bits per heavy atom. The van der Waals surface area contributed by atoms with Gasteiger partial charge in [0.2, 0.25) is 17.1 Å². The Labute approximate surface area is 140 Å². The summed E-state index contributed by atoms with van der Waals surface area (Å²) in [6.07, 6.45) is 0. The van der Waals surface area contributed by atoms with Crippen LogP contribution < -0.4 is 15.9 Å². The summed E-state index contributed by atoms with van der Waals surface area (Å²) in [7, 11) is 0. The number of aliphatic hydroxyl groups is 1. The summed E-state index contributed by atoms with van der Waals surface area (Å²) < 4.78 is 10.7. The summed E-state index contributed by atoms with van der Waals surface area (Å²) in [5.41, 5.74) is 4.85. The average Bonchev–Trinajstić information content (AvgIpc) is 2.61. The molecule has 126 valence electrons. The first kappa shape index (κ1) is 16.2. The number of nitriles is 1. The highest BCUT2D eigenvalue weighted by Gasteiger charge is 2.38. The van der Waals surface area contributed by atoms with Crippen LogP contribution in [0.2, 0.25) is 0 Å². The average molecular weight is 341 g/mol. The van der Waals surface area contributed by atoms with Crippen LogP contribution in [0.1, 0.15) is 23.0 Å². The fraction of sp³-hybridized carbons (Fsp3) is 0.125. The SMILES string of the molecule is N#CC1=C(N)Oc2c(oc(CO)cc2=O)[C@H]1c1ccccc1[N+](=O)[O-]. The molecule has 1 aromatic heterocycles. The second-order valence-corrected chi connectivity index (χ2v) is 5.17. The predicted molar refractivity (Wildman–Crippen MR) is 83.3 cm³/mol. The van der Waals surface area contributed by atoms with E-state index >= 15 is 0 Å². The minimum atomic E-state index is -1.10. The molecule has 3 rings (SSSR count). The Kier molecular flexibility index (Phi) is 3.96. The largest absolute Gasteiger partial charge is 0.458 e. The first-order valence-electron chi connectivity index (χ1n) is 7.06. The summed E-state index contributed by atoms with van der Waals surface area (Å²) in [5.74, 6) is -1.88. The minimum absolute atomic E-state index is 0.0614. The molecule has 0 spiro atoms. The van der Waals surface area contributed by atoms with Crippen LogP contribution in [-0.4, -0.2) is 10.0 Å². The van der Waals surface area contributed by atoms with Gasteiger partial charge in [0.05, 0.1) is 10.8 Å². The molecule has 0 saturated carbocycles. The van der Waals surface area contributed by atoms with Gasteiger partial charge < -0.3 is 20.0 Å². The van der Waals surface area contributed by atoms with Gasteiger partial charge in [-0.05, 0) is 0 Å². The van der Waals surface area contributed by atoms with Gasteiger partial charge in [-0.2, -0.15) is 5.26 Å². The Morgan fingerprint density at radius 2 is 2.12 bits per heavy atom. The maximum Gasteiger partial charge on any atom is 0.273 e. The molecule has 1 aromatic carbocycles. The second kappa shape index (κ2) is 6.10. The van der Waals surface area contributed by atoms with E-state index in [1.54, 1.807) is 6.07 Å². The molecule has 25 heavy (non-hydrogen) atoms. The van der Waals surface area contributed by atoms with Crippen molar-refractivity contribution >= 4 is 5.69 Å². The van der Waals surface area contributed by atoms with E-state index in [4.69, 9.17) is 14.9 Å². The smallest absolute Gasteiger partial charge is 0.273 e. The second-order valence-electron chi connectivity index (χ2n) is 5.17. The number of nitrogens with two attached hydrogens (primary N) is 1. The van der Waals surface area contributed by atoms with Gasteiger partial charge in [0.25, 0.3) is 5.69 Å². The summed E-state index contributed by atoms with van der Waals surface area (Å²) >= 11 is 0. The monoisotopic (exact) mass is 341 g/mol. The molecule has 1 aliphatic rings. The van der Waals surface area contributed by atoms with Crippen molar-refractivity contribution in [1.82, 2.24) is 0 Å². The number of fused-ring (bicyclic) bond motifs is 1. The van der Waals surface area contributed by atoms with E-state index in [2.05, 4.69) is 0 Å². The molecule has 1 atom stereocenters. The lowest BCUT2D eigenvalue weighted by atomic mass is 9.86. The van der Waals surface area contributed by atoms with Crippen molar-refractivity contribution in [3.8, 4) is 11.8 Å². The number of hydrogen-bond donors (Lipinski definition) is 2. The normalized spacial score (nSPS) is 15.9. The van der Waals surface area contributed by atoms with Crippen LogP contribution in [0.15, 0.2) is 51.0 Å². The molecule has 2 aromatic rings. The van der Waals surface area contributed by atoms with E-state index in [0.717, 1.165) is 6.07 Å². The molecule has 0 aliphatic carbocycles. The van der Waals surface area contributed by atoms with Gasteiger partial charge in [0.15, 0.2) is 5.76 Å². The summed E-state index contributed by atoms with van der Waals surface area (Å²) in [4.78, 5) is 22.9. The molecule has 1 aliphatic heterocycles. The number of nitrogens with zero attached hydrogens (tertiary/aromatic N) is 2. The van der Waals surface area contributed by atoms with Gasteiger partial charge >= 0.3 is 0 Å². The molecule has 0 unspecified atom stereocenters. The number of hydrogen-bond acceptors (Lipinski definition) is 8. The molecule has 2 heterocycles. The number of benzene rings is 1. The fourth-order valence-electron chi connectivity index (χ4n) is 2.67. The third-order valence-electron chi connectivity index (χ3n) is 3.73. The Hall–Kier alpha value is -3.64. The number of ether oxygens (including phenoxy) is 1. The van der Waals surface area contributed by atoms with Gasteiger partial charge in [-0.3, -0.25) is 14.9 Å². The van der Waals surface area contributed by atoms with Gasteiger partial charge in [-0.1, -0.05) is 18.2 Å². The quantitative estimate of drug-likeness (QED) is 0.625. The zero-order chi connectivity index (χ0) is 18.1. The fourth-order valence-corrected chi connectivity index (χ4v) is 2.67. The molecule has 9 heteroatoms. The van der Waals surface area contributed by atoms with Crippen molar-refractivity contribution in [3.63, 3.8) is 0 Å². The van der Waals surface area contributed by atoms with Crippen molar-refractivity contribution in [2.45, 2.75) is 12.5 Å². The van der Waals surface area contributed by atoms with Crippen molar-refractivity contribution < 1.29 is 19.2 Å². The van der Waals surface area contributed by atoms with Gasteiger partial charge in [-0.25, -0.2) is 0 Å². The third kappa shape index (κ3) is 2.60. The zero-order valence-corrected chi connectivity index (χ0v) is 12.6. The maximum absolute atomic E-state index is 12.2. The molecular formula is C16H11N3O6. The maximum atomic E-state index is 12.2. The highest BCUT2D eigenvalue weighted by molar-refractivity contribution is 5.57. The molecule has 0 amide bonds. The van der Waals surface area contributed by atoms with E-state index in [0.29, 0.717) is 0 Å². The summed E-state index contributed by atoms with van der Waals surface area (Å²) in [6, 6.07) is 8.61. The number of rotatable bonds is 3. The van der Waals surface area contributed by atoms with E-state index < -0.39 is 22.9 Å². The molecule has 3 N–H and O–H groups in total. The predicted octanol–water partition coefficient (Wildman–Crippen LogP) is 1.26. The minimum Gasteiger partial charge on any atom is -0.458 e. The van der Waals surface area contributed by atoms with E-state index in [-0.39, 0.29) is 40.0 Å². The number of allylic oxidation sites excluding steroid dienone is 1. The molecule has 9 nitrogen and oxygen atoms in total. The van der Waals surface area contributed by atoms with E-state index in [1.165, 1.54) is 18.2 Å². The van der Waals surface area contributed by atoms with Gasteiger partial charge in [0, 0.05) is 17.7 Å². The molecule has 0 bridgehead atoms. The molecule has 0 saturated heterocycles. The van der Waals surface area contributed by atoms with E-state index in [9.17, 15) is 25.3 Å². The van der Waals surface area contributed by atoms with Crippen LogP contribution in [0, 0.1) is 21.4 Å². The number of nitro benzene ring substituents is 1. The van der Waals surface area contributed by atoms with Crippen molar-refractivity contribution in [1.29, 1.82) is 5.26 Å². The highest BCUT2D eigenvalue weighted by Crippen LogP contribution is 2.43. The topological polar surface area (TPSA) is 153 Å². The zero-order valence-electron chi connectivity index (χ0n) is 12.6. The van der Waals surface area contributed by atoms with Crippen molar-refractivity contribution in [2.24, 2.45) is 5.73 Å². The lowest BCUT2D eigenvalue weighted by Crippen LogP contribution is -2.25. The first-order chi connectivity index (χ1) is 12.0. The van der Waals surface area contributed by atoms with E-state index in [1.807, 2.05) is 6.07 Å². The lowest BCUT2D eigenvalue weighted by Gasteiger charge is -2.24. The van der Waals surface area contributed by atoms with Crippen LogP contribution in [0.5, 0.6) is 5.75 Å². The Morgan fingerprint density at radius 1 is 1.40 bits per heavy atom. The van der Waals surface area contributed by atoms with Crippen LogP contribution in [-0.2, 0) is 6.61 Å². The molecule has 0 radical (unpaired) electrons. The van der Waals surface area contributed by atoms with Crippen molar-refractivity contribution in [3.05, 3.63) is 79.2 Å². The molecular weight excluding hydrogens is 330 g/mol. The summed E-state index contributed by atoms with van der Waals surface area (Å²) in [6.45, 7) is -0.562. The van der Waals surface area contributed by atoms with Crippen LogP contribution >= 0.6 is 0 Å². The van der Waals surface area contributed by atoms with Crippen LogP contribution in [0.4, 0.5) is 5.69 Å². The highest BCUT2D eigenvalue weighted by atomic mass is 16.6. The number of para-hydroxylation sites is 1. The summed E-state index contributed by atoms with van der Waals surface area (Å²) in [5, 5.41) is 30.0. The third-order valence-corrected chi connectivity index (χ3v) is 3.73. The van der Waals surface area contributed by atoms with Crippen LogP contribution in [0.3, 0.4) is 0 Å². The Bertz CT molecular complexity index is 1000. The number of nitro groups is 1. The van der Waals surface area contributed by atoms with Crippen LogP contribution in [0.25, 0.3) is 0 Å². The van der Waals surface area contributed by atoms with Crippen molar-refractivity contribution in [2.75, 3.05) is 0 Å². The standard InChI is InChI=1S/C16H11N3O6/c17-6-10-13(9-3-1-2-4-11(9)19(22)23)15-14(25-16(10)18)12(21)5-8(7-20)24-15/h1-5,13,20H,7,18H2/t13-/m0/s1. The first-order valence-corrected chi connectivity index (χ1v) is 7.06. The van der Waals surface area contributed by atoms with Gasteiger partial charge in [-0.15, -0.1) is 0 Å². The molecule has 0 fully saturated rings. The lowest BCUT2D eigenvalue weighted by molar-refractivity contribution is -0.385. The number of aliphatic hydroxyl groups excluding tert-OH is 1. The Balaban J connectivity index is 2.36. The van der Waals surface area contributed by atoms with Gasteiger partial charge in [0.1, 0.15) is 24.0 Å².